The van der Waals surface area contributed by atoms with Gasteiger partial charge in [0.05, 0.1) is 11.1 Å². The molecule has 0 aliphatic carbocycles. The van der Waals surface area contributed by atoms with Gasteiger partial charge in [-0.2, -0.15) is 0 Å². The number of pyridine rings is 1. The summed E-state index contributed by atoms with van der Waals surface area (Å²) >= 11 is 0. The number of nitrogens with one attached hydrogen (secondary N) is 1. The van der Waals surface area contributed by atoms with Crippen molar-refractivity contribution in [1.29, 1.82) is 0 Å². The molecule has 1 amide bonds. The third-order valence-corrected chi connectivity index (χ3v) is 2.52. The van der Waals surface area contributed by atoms with Crippen LogP contribution in [0.4, 0.5) is 10.1 Å². The SMILES string of the molecule is Cc1cncc(C(=O)Nc2ccc(F)c(C=O)c2)c1. The van der Waals surface area contributed by atoms with Crippen LogP contribution < -0.4 is 5.32 Å². The number of hydrogen-bond donors (Lipinski definition) is 1. The third-order valence-electron chi connectivity index (χ3n) is 2.52. The van der Waals surface area contributed by atoms with E-state index >= 15 is 0 Å². The lowest BCUT2D eigenvalue weighted by Crippen LogP contribution is -2.12. The van der Waals surface area contributed by atoms with Gasteiger partial charge in [0.2, 0.25) is 0 Å². The minimum absolute atomic E-state index is 0.0971. The van der Waals surface area contributed by atoms with Crippen LogP contribution in [-0.2, 0) is 0 Å². The van der Waals surface area contributed by atoms with E-state index in [-0.39, 0.29) is 11.5 Å². The van der Waals surface area contributed by atoms with Crippen molar-refractivity contribution in [3.05, 3.63) is 59.2 Å². The highest BCUT2D eigenvalue weighted by atomic mass is 19.1. The van der Waals surface area contributed by atoms with Gasteiger partial charge >= 0.3 is 0 Å². The van der Waals surface area contributed by atoms with Crippen molar-refractivity contribution in [2.45, 2.75) is 6.92 Å². The Morgan fingerprint density at radius 3 is 2.79 bits per heavy atom. The molecule has 2 aromatic rings. The molecule has 0 saturated carbocycles. The van der Waals surface area contributed by atoms with Crippen molar-refractivity contribution < 1.29 is 14.0 Å². The Bertz CT molecular complexity index is 641. The van der Waals surface area contributed by atoms with Crippen LogP contribution in [0.5, 0.6) is 0 Å². The maximum atomic E-state index is 13.1. The van der Waals surface area contributed by atoms with Gasteiger partial charge in [-0.1, -0.05) is 0 Å². The Labute approximate surface area is 109 Å². The Balaban J connectivity index is 2.21. The highest BCUT2D eigenvalue weighted by molar-refractivity contribution is 6.04. The van der Waals surface area contributed by atoms with E-state index in [4.69, 9.17) is 0 Å². The molecule has 1 aromatic carbocycles. The molecular formula is C14H11FN2O2. The fraction of sp³-hybridized carbons (Fsp3) is 0.0714. The van der Waals surface area contributed by atoms with Crippen LogP contribution in [-0.4, -0.2) is 17.2 Å². The number of carbonyl (C=O) groups is 2. The van der Waals surface area contributed by atoms with Crippen molar-refractivity contribution in [2.24, 2.45) is 0 Å². The van der Waals surface area contributed by atoms with Gasteiger partial charge in [-0.3, -0.25) is 14.6 Å². The average molecular weight is 258 g/mol. The number of aryl methyl sites for hydroxylation is 1. The maximum absolute atomic E-state index is 13.1. The molecule has 0 unspecified atom stereocenters. The second-order valence-corrected chi connectivity index (χ2v) is 4.06. The van der Waals surface area contributed by atoms with E-state index in [1.807, 2.05) is 6.92 Å². The number of aromatic nitrogens is 1. The van der Waals surface area contributed by atoms with Gasteiger partial charge in [0, 0.05) is 18.1 Å². The second kappa shape index (κ2) is 5.39. The van der Waals surface area contributed by atoms with Gasteiger partial charge in [-0.15, -0.1) is 0 Å². The van der Waals surface area contributed by atoms with Gasteiger partial charge in [0.15, 0.2) is 6.29 Å². The molecule has 0 aliphatic heterocycles. The first-order valence-electron chi connectivity index (χ1n) is 5.58. The predicted octanol–water partition coefficient (Wildman–Crippen LogP) is 2.59. The molecule has 0 aliphatic rings. The molecule has 1 N–H and O–H groups in total. The number of aldehydes is 1. The standard InChI is InChI=1S/C14H11FN2O2/c1-9-4-10(7-16-6-9)14(19)17-12-2-3-13(15)11(5-12)8-18/h2-8H,1H3,(H,17,19). The number of carbonyl (C=O) groups excluding carboxylic acids is 2. The smallest absolute Gasteiger partial charge is 0.257 e. The fourth-order valence-electron chi connectivity index (χ4n) is 1.59. The van der Waals surface area contributed by atoms with E-state index in [1.54, 1.807) is 12.3 Å². The predicted molar refractivity (Wildman–Crippen MR) is 68.7 cm³/mol. The molecule has 0 radical (unpaired) electrons. The molecule has 1 heterocycles. The number of amides is 1. The lowest BCUT2D eigenvalue weighted by Gasteiger charge is -2.06. The molecule has 0 fully saturated rings. The van der Waals surface area contributed by atoms with E-state index < -0.39 is 5.82 Å². The van der Waals surface area contributed by atoms with Crippen LogP contribution in [0.3, 0.4) is 0 Å². The first-order valence-corrected chi connectivity index (χ1v) is 5.58. The highest BCUT2D eigenvalue weighted by Crippen LogP contribution is 2.14. The zero-order valence-corrected chi connectivity index (χ0v) is 10.2. The van der Waals surface area contributed by atoms with Gasteiger partial charge in [-0.25, -0.2) is 4.39 Å². The summed E-state index contributed by atoms with van der Waals surface area (Å²) in [6, 6.07) is 5.49. The largest absolute Gasteiger partial charge is 0.322 e. The lowest BCUT2D eigenvalue weighted by molar-refractivity contribution is 0.102. The van der Waals surface area contributed by atoms with E-state index in [9.17, 15) is 14.0 Å². The average Bonchev–Trinajstić information content (AvgIpc) is 2.41. The summed E-state index contributed by atoms with van der Waals surface area (Å²) in [5.74, 6) is -0.982. The molecule has 96 valence electrons. The van der Waals surface area contributed by atoms with Crippen molar-refractivity contribution >= 4 is 17.9 Å². The molecule has 2 rings (SSSR count). The number of nitrogens with zero attached hydrogens (tertiary/aromatic N) is 1. The third kappa shape index (κ3) is 3.01. The fourth-order valence-corrected chi connectivity index (χ4v) is 1.59. The Hall–Kier alpha value is -2.56. The summed E-state index contributed by atoms with van der Waals surface area (Å²) in [6.07, 6.45) is 3.48. The molecule has 0 saturated heterocycles. The maximum Gasteiger partial charge on any atom is 0.257 e. The van der Waals surface area contributed by atoms with Crippen LogP contribution in [0.25, 0.3) is 0 Å². The number of rotatable bonds is 3. The van der Waals surface area contributed by atoms with Crippen LogP contribution in [0.1, 0.15) is 26.3 Å². The minimum Gasteiger partial charge on any atom is -0.322 e. The zero-order valence-electron chi connectivity index (χ0n) is 10.2. The van der Waals surface area contributed by atoms with Crippen molar-refractivity contribution in [1.82, 2.24) is 4.98 Å². The molecule has 4 nitrogen and oxygen atoms in total. The number of benzene rings is 1. The summed E-state index contributed by atoms with van der Waals surface area (Å²) in [6.45, 7) is 1.83. The molecule has 0 bridgehead atoms. The van der Waals surface area contributed by atoms with Gasteiger partial charge in [-0.05, 0) is 36.8 Å². The number of anilines is 1. The van der Waals surface area contributed by atoms with Crippen LogP contribution >= 0.6 is 0 Å². The monoisotopic (exact) mass is 258 g/mol. The normalized spacial score (nSPS) is 10.0. The first-order chi connectivity index (χ1) is 9.10. The molecular weight excluding hydrogens is 247 g/mol. The van der Waals surface area contributed by atoms with Crippen molar-refractivity contribution in [3.8, 4) is 0 Å². The summed E-state index contributed by atoms with van der Waals surface area (Å²) in [7, 11) is 0. The number of halogens is 1. The van der Waals surface area contributed by atoms with Gasteiger partial charge < -0.3 is 5.32 Å². The van der Waals surface area contributed by atoms with E-state index in [0.717, 1.165) is 11.6 Å². The molecule has 0 spiro atoms. The summed E-state index contributed by atoms with van der Waals surface area (Å²) < 4.78 is 13.1. The highest BCUT2D eigenvalue weighted by Gasteiger charge is 2.08. The van der Waals surface area contributed by atoms with E-state index in [0.29, 0.717) is 17.5 Å². The Morgan fingerprint density at radius 2 is 2.11 bits per heavy atom. The lowest BCUT2D eigenvalue weighted by atomic mass is 10.2. The minimum atomic E-state index is -0.620. The van der Waals surface area contributed by atoms with Crippen molar-refractivity contribution in [3.63, 3.8) is 0 Å². The first kappa shape index (κ1) is 12.9. The Morgan fingerprint density at radius 1 is 1.32 bits per heavy atom. The van der Waals surface area contributed by atoms with Crippen LogP contribution in [0, 0.1) is 12.7 Å². The topological polar surface area (TPSA) is 59.1 Å². The number of hydrogen-bond acceptors (Lipinski definition) is 3. The second-order valence-electron chi connectivity index (χ2n) is 4.06. The molecule has 0 atom stereocenters. The van der Waals surface area contributed by atoms with Gasteiger partial charge in [0.1, 0.15) is 5.82 Å². The van der Waals surface area contributed by atoms with E-state index in [2.05, 4.69) is 10.3 Å². The summed E-state index contributed by atoms with van der Waals surface area (Å²) in [4.78, 5) is 26.5. The van der Waals surface area contributed by atoms with Crippen molar-refractivity contribution in [2.75, 3.05) is 5.32 Å². The summed E-state index contributed by atoms with van der Waals surface area (Å²) in [5, 5.41) is 2.58. The molecule has 19 heavy (non-hydrogen) atoms. The van der Waals surface area contributed by atoms with E-state index in [1.165, 1.54) is 18.3 Å². The van der Waals surface area contributed by atoms with Crippen LogP contribution in [0.2, 0.25) is 0 Å². The Kier molecular flexibility index (Phi) is 3.66. The quantitative estimate of drug-likeness (QED) is 0.861. The zero-order chi connectivity index (χ0) is 13.8. The van der Waals surface area contributed by atoms with Crippen LogP contribution in [0.15, 0.2) is 36.7 Å². The summed E-state index contributed by atoms with van der Waals surface area (Å²) in [5.41, 5.74) is 1.52. The molecule has 5 heteroatoms. The van der Waals surface area contributed by atoms with Gasteiger partial charge in [0.25, 0.3) is 5.91 Å². The molecule has 1 aromatic heterocycles.